The van der Waals surface area contributed by atoms with E-state index in [2.05, 4.69) is 11.2 Å². The Kier molecular flexibility index (Phi) is 3.86. The minimum absolute atomic E-state index is 0.109. The zero-order valence-corrected chi connectivity index (χ0v) is 11.1. The van der Waals surface area contributed by atoms with E-state index in [0.29, 0.717) is 6.61 Å². The number of nitrogens with zero attached hydrogens (tertiary/aromatic N) is 1. The number of carbonyl (C=O) groups is 1. The van der Waals surface area contributed by atoms with Crippen LogP contribution in [0.4, 0.5) is 0 Å². The second-order valence-corrected chi connectivity index (χ2v) is 5.73. The number of thiazole rings is 1. The molecule has 0 amide bonds. The van der Waals surface area contributed by atoms with Crippen LogP contribution in [0.3, 0.4) is 0 Å². The van der Waals surface area contributed by atoms with Crippen LogP contribution in [0.15, 0.2) is 0 Å². The molecular weight excluding hydrogens is 242 g/mol. The summed E-state index contributed by atoms with van der Waals surface area (Å²) in [6.07, 6.45) is 3.91. The third kappa shape index (κ3) is 2.25. The number of fused-ring (bicyclic) bond motifs is 1. The van der Waals surface area contributed by atoms with Crippen molar-refractivity contribution in [3.8, 4) is 0 Å². The number of esters is 1. The van der Waals surface area contributed by atoms with Crippen LogP contribution in [-0.2, 0) is 21.7 Å². The van der Waals surface area contributed by atoms with E-state index in [1.165, 1.54) is 4.88 Å². The Balaban J connectivity index is 2.15. The summed E-state index contributed by atoms with van der Waals surface area (Å²) in [5.41, 5.74) is 0.979. The van der Waals surface area contributed by atoms with Crippen LogP contribution >= 0.6 is 23.1 Å². The summed E-state index contributed by atoms with van der Waals surface area (Å²) in [6.45, 7) is 2.29. The van der Waals surface area contributed by atoms with Crippen LogP contribution in [-0.4, -0.2) is 23.8 Å². The first kappa shape index (κ1) is 11.9. The lowest BCUT2D eigenvalue weighted by Crippen LogP contribution is -2.14. The SMILES string of the molecule is CCOC(=O)C1CCc2sc(CSC)nc21. The zero-order valence-electron chi connectivity index (χ0n) is 9.49. The molecule has 0 aliphatic heterocycles. The van der Waals surface area contributed by atoms with E-state index in [1.54, 1.807) is 23.1 Å². The Morgan fingerprint density at radius 1 is 1.69 bits per heavy atom. The summed E-state index contributed by atoms with van der Waals surface area (Å²) in [5, 5.41) is 1.13. The first-order valence-electron chi connectivity index (χ1n) is 5.40. The molecule has 1 heterocycles. The molecule has 0 saturated carbocycles. The van der Waals surface area contributed by atoms with Gasteiger partial charge in [-0.25, -0.2) is 4.98 Å². The molecule has 0 fully saturated rings. The molecule has 1 unspecified atom stereocenters. The van der Waals surface area contributed by atoms with Gasteiger partial charge in [0.2, 0.25) is 0 Å². The highest BCUT2D eigenvalue weighted by Crippen LogP contribution is 2.37. The molecule has 0 spiro atoms. The number of ether oxygens (including phenoxy) is 1. The number of aryl methyl sites for hydroxylation is 1. The van der Waals surface area contributed by atoms with E-state index >= 15 is 0 Å². The van der Waals surface area contributed by atoms with Crippen molar-refractivity contribution in [1.82, 2.24) is 4.98 Å². The number of thioether (sulfide) groups is 1. The Morgan fingerprint density at radius 3 is 3.19 bits per heavy atom. The standard InChI is InChI=1S/C11H15NO2S2/c1-3-14-11(13)7-4-5-8-10(7)12-9(16-8)6-15-2/h7H,3-6H2,1-2H3. The van der Waals surface area contributed by atoms with Gasteiger partial charge in [0.15, 0.2) is 0 Å². The van der Waals surface area contributed by atoms with Gasteiger partial charge in [-0.15, -0.1) is 11.3 Å². The minimum Gasteiger partial charge on any atom is -0.465 e. The predicted octanol–water partition coefficient (Wildman–Crippen LogP) is 2.60. The van der Waals surface area contributed by atoms with E-state index < -0.39 is 0 Å². The molecule has 5 heteroatoms. The Morgan fingerprint density at radius 2 is 2.50 bits per heavy atom. The fourth-order valence-corrected chi connectivity index (χ4v) is 3.78. The van der Waals surface area contributed by atoms with Crippen molar-refractivity contribution in [3.05, 3.63) is 15.6 Å². The Labute approximate surface area is 104 Å². The highest BCUT2D eigenvalue weighted by Gasteiger charge is 2.33. The maximum atomic E-state index is 11.7. The van der Waals surface area contributed by atoms with Gasteiger partial charge in [-0.05, 0) is 26.0 Å². The van der Waals surface area contributed by atoms with Gasteiger partial charge in [-0.1, -0.05) is 0 Å². The molecule has 0 bridgehead atoms. The van der Waals surface area contributed by atoms with Crippen molar-refractivity contribution in [2.24, 2.45) is 0 Å². The lowest BCUT2D eigenvalue weighted by atomic mass is 10.1. The van der Waals surface area contributed by atoms with E-state index in [-0.39, 0.29) is 11.9 Å². The van der Waals surface area contributed by atoms with Gasteiger partial charge in [0, 0.05) is 10.6 Å². The molecule has 0 radical (unpaired) electrons. The summed E-state index contributed by atoms with van der Waals surface area (Å²) in [5.74, 6) is 0.719. The molecule has 16 heavy (non-hydrogen) atoms. The number of hydrogen-bond acceptors (Lipinski definition) is 5. The van der Waals surface area contributed by atoms with Crippen molar-refractivity contribution < 1.29 is 9.53 Å². The molecule has 1 aliphatic rings. The van der Waals surface area contributed by atoms with Gasteiger partial charge in [-0.3, -0.25) is 4.79 Å². The van der Waals surface area contributed by atoms with E-state index in [1.807, 2.05) is 6.92 Å². The van der Waals surface area contributed by atoms with E-state index in [4.69, 9.17) is 4.74 Å². The van der Waals surface area contributed by atoms with E-state index in [9.17, 15) is 4.79 Å². The lowest BCUT2D eigenvalue weighted by molar-refractivity contribution is -0.145. The van der Waals surface area contributed by atoms with Crippen LogP contribution in [0.5, 0.6) is 0 Å². The first-order valence-corrected chi connectivity index (χ1v) is 7.61. The molecule has 2 rings (SSSR count). The smallest absolute Gasteiger partial charge is 0.315 e. The summed E-state index contributed by atoms with van der Waals surface area (Å²) >= 11 is 3.51. The van der Waals surface area contributed by atoms with Crippen molar-refractivity contribution in [1.29, 1.82) is 0 Å². The van der Waals surface area contributed by atoms with Crippen molar-refractivity contribution in [3.63, 3.8) is 0 Å². The molecule has 3 nitrogen and oxygen atoms in total. The quantitative estimate of drug-likeness (QED) is 0.777. The number of rotatable bonds is 4. The van der Waals surface area contributed by atoms with Gasteiger partial charge in [-0.2, -0.15) is 11.8 Å². The van der Waals surface area contributed by atoms with Crippen molar-refractivity contribution >= 4 is 29.1 Å². The maximum Gasteiger partial charge on any atom is 0.315 e. The van der Waals surface area contributed by atoms with Gasteiger partial charge in [0.25, 0.3) is 0 Å². The number of aromatic nitrogens is 1. The second kappa shape index (κ2) is 5.19. The summed E-state index contributed by atoms with van der Waals surface area (Å²) < 4.78 is 5.07. The molecule has 1 aliphatic carbocycles. The zero-order chi connectivity index (χ0) is 11.5. The molecular formula is C11H15NO2S2. The summed E-state index contributed by atoms with van der Waals surface area (Å²) in [6, 6.07) is 0. The van der Waals surface area contributed by atoms with Gasteiger partial charge < -0.3 is 4.74 Å². The largest absolute Gasteiger partial charge is 0.465 e. The van der Waals surface area contributed by atoms with Crippen LogP contribution in [0.2, 0.25) is 0 Å². The van der Waals surface area contributed by atoms with Crippen LogP contribution < -0.4 is 0 Å². The van der Waals surface area contributed by atoms with Crippen molar-refractivity contribution in [2.75, 3.05) is 12.9 Å². The van der Waals surface area contributed by atoms with Gasteiger partial charge >= 0.3 is 5.97 Å². The minimum atomic E-state index is -0.109. The van der Waals surface area contributed by atoms with Crippen molar-refractivity contribution in [2.45, 2.75) is 31.4 Å². The number of hydrogen-bond donors (Lipinski definition) is 0. The summed E-state index contributed by atoms with van der Waals surface area (Å²) in [7, 11) is 0. The average molecular weight is 257 g/mol. The highest BCUT2D eigenvalue weighted by atomic mass is 32.2. The van der Waals surface area contributed by atoms with Crippen LogP contribution in [0.25, 0.3) is 0 Å². The molecule has 1 aromatic rings. The third-order valence-corrected chi connectivity index (χ3v) is 4.48. The molecule has 0 N–H and O–H groups in total. The predicted molar refractivity (Wildman–Crippen MR) is 67.0 cm³/mol. The fraction of sp³-hybridized carbons (Fsp3) is 0.636. The Hall–Kier alpha value is -0.550. The third-order valence-electron chi connectivity index (χ3n) is 2.60. The summed E-state index contributed by atoms with van der Waals surface area (Å²) in [4.78, 5) is 17.6. The second-order valence-electron chi connectivity index (χ2n) is 3.69. The van der Waals surface area contributed by atoms with Gasteiger partial charge in [0.05, 0.1) is 12.3 Å². The van der Waals surface area contributed by atoms with Gasteiger partial charge in [0.1, 0.15) is 10.9 Å². The maximum absolute atomic E-state index is 11.7. The normalized spacial score (nSPS) is 18.5. The fourth-order valence-electron chi connectivity index (χ4n) is 1.94. The van der Waals surface area contributed by atoms with E-state index in [0.717, 1.165) is 29.3 Å². The molecule has 1 atom stereocenters. The lowest BCUT2D eigenvalue weighted by Gasteiger charge is -2.07. The molecule has 88 valence electrons. The topological polar surface area (TPSA) is 39.2 Å². The molecule has 0 aromatic carbocycles. The Bertz CT molecular complexity index is 389. The van der Waals surface area contributed by atoms with Crippen LogP contribution in [0, 0.1) is 0 Å². The van der Waals surface area contributed by atoms with Crippen LogP contribution in [0.1, 0.15) is 34.8 Å². The molecule has 0 saturated heterocycles. The highest BCUT2D eigenvalue weighted by molar-refractivity contribution is 7.97. The monoisotopic (exact) mass is 257 g/mol. The first-order chi connectivity index (χ1) is 7.76. The number of carbonyl (C=O) groups excluding carboxylic acids is 1. The average Bonchev–Trinajstić information content (AvgIpc) is 2.77. The molecule has 1 aromatic heterocycles.